The van der Waals surface area contributed by atoms with Gasteiger partial charge in [0.2, 0.25) is 0 Å². The third-order valence-corrected chi connectivity index (χ3v) is 8.78. The van der Waals surface area contributed by atoms with Crippen LogP contribution in [-0.4, -0.2) is 9.13 Å². The molecule has 8 rings (SSSR count). The van der Waals surface area contributed by atoms with E-state index < -0.39 is 0 Å². The van der Waals surface area contributed by atoms with Crippen LogP contribution in [0.25, 0.3) is 54.8 Å². The quantitative estimate of drug-likeness (QED) is 0.197. The van der Waals surface area contributed by atoms with E-state index in [1.54, 1.807) is 0 Å². The summed E-state index contributed by atoms with van der Waals surface area (Å²) in [6.45, 7) is 0. The zero-order valence-corrected chi connectivity index (χ0v) is 23.8. The van der Waals surface area contributed by atoms with Crippen LogP contribution in [0.4, 0.5) is 0 Å². The van der Waals surface area contributed by atoms with Crippen LogP contribution in [0.15, 0.2) is 146 Å². The lowest BCUT2D eigenvalue weighted by atomic mass is 9.85. The Labute approximate surface area is 245 Å². The summed E-state index contributed by atoms with van der Waals surface area (Å²) in [5.74, 6) is 0. The van der Waals surface area contributed by atoms with Gasteiger partial charge in [0.25, 0.3) is 0 Å². The zero-order valence-electron chi connectivity index (χ0n) is 23.8. The molecule has 0 radical (unpaired) electrons. The van der Waals surface area contributed by atoms with E-state index in [-0.39, 0.29) is 0 Å². The van der Waals surface area contributed by atoms with Crippen LogP contribution in [0.2, 0.25) is 0 Å². The van der Waals surface area contributed by atoms with Gasteiger partial charge in [-0.05, 0) is 69.8 Å². The van der Waals surface area contributed by atoms with Gasteiger partial charge in [-0.1, -0.05) is 109 Å². The number of hydrogen-bond donors (Lipinski definition) is 0. The first-order valence-electron chi connectivity index (χ1n) is 14.5. The van der Waals surface area contributed by atoms with Crippen LogP contribution >= 0.6 is 0 Å². The molecular formula is C40H30N2. The second kappa shape index (κ2) is 9.64. The lowest BCUT2D eigenvalue weighted by molar-refractivity contribution is 1.01. The van der Waals surface area contributed by atoms with E-state index in [1.807, 2.05) is 0 Å². The molecule has 0 atom stereocenters. The number of aromatic nitrogens is 2. The molecule has 0 spiro atoms. The topological polar surface area (TPSA) is 9.86 Å². The Bertz CT molecular complexity index is 2130. The Hall–Kier alpha value is -5.34. The fourth-order valence-corrected chi connectivity index (χ4v) is 6.77. The number of fused-ring (bicyclic) bond motifs is 6. The molecule has 0 aliphatic carbocycles. The predicted octanol–water partition coefficient (Wildman–Crippen LogP) is 9.98. The van der Waals surface area contributed by atoms with Crippen molar-refractivity contribution in [1.29, 1.82) is 0 Å². The first-order valence-corrected chi connectivity index (χ1v) is 14.5. The number of hydrogen-bond acceptors (Lipinski definition) is 0. The number of rotatable bonds is 4. The molecule has 0 unspecified atom stereocenters. The second-order valence-electron chi connectivity index (χ2n) is 11.1. The molecule has 2 heteroatoms. The Morgan fingerprint density at radius 1 is 0.333 bits per heavy atom. The second-order valence-corrected chi connectivity index (χ2v) is 11.1. The minimum absolute atomic E-state index is 1.20. The third kappa shape index (κ3) is 3.73. The van der Waals surface area contributed by atoms with Crippen LogP contribution in [0.3, 0.4) is 0 Å². The number of aryl methyl sites for hydroxylation is 2. The summed E-state index contributed by atoms with van der Waals surface area (Å²) in [7, 11) is 4.32. The molecule has 0 aliphatic rings. The Balaban J connectivity index is 1.51. The summed E-state index contributed by atoms with van der Waals surface area (Å²) in [6.07, 6.45) is 0. The lowest BCUT2D eigenvalue weighted by Crippen LogP contribution is -1.98. The van der Waals surface area contributed by atoms with E-state index in [9.17, 15) is 0 Å². The Morgan fingerprint density at radius 3 is 1.14 bits per heavy atom. The smallest absolute Gasteiger partial charge is 0.0489 e. The highest BCUT2D eigenvalue weighted by molar-refractivity contribution is 6.14. The highest BCUT2D eigenvalue weighted by atomic mass is 14.9. The molecule has 2 heterocycles. The van der Waals surface area contributed by atoms with E-state index >= 15 is 0 Å². The molecule has 0 amide bonds. The summed E-state index contributed by atoms with van der Waals surface area (Å²) in [5, 5.41) is 5.10. The first-order chi connectivity index (χ1) is 20.7. The van der Waals surface area contributed by atoms with Gasteiger partial charge in [-0.3, -0.25) is 0 Å². The molecule has 42 heavy (non-hydrogen) atoms. The van der Waals surface area contributed by atoms with Crippen molar-refractivity contribution in [2.75, 3.05) is 0 Å². The molecule has 0 N–H and O–H groups in total. The van der Waals surface area contributed by atoms with Crippen LogP contribution in [0.1, 0.15) is 22.3 Å². The van der Waals surface area contributed by atoms with Gasteiger partial charge in [-0.25, -0.2) is 0 Å². The average Bonchev–Trinajstić information content (AvgIpc) is 3.50. The normalized spacial score (nSPS) is 11.6. The standard InChI is InChI=1S/C40H30N2/c1-41-35-19-11-9-17-31(35)33-25-29(21-23-37(33)41)40(39(27-13-5-3-6-14-27)28-15-7-4-8-16-28)30-22-24-38-34(26-30)32-18-10-12-20-36(32)42(38)2/h3-26H,1-2H3. The van der Waals surface area contributed by atoms with Crippen molar-refractivity contribution in [3.8, 4) is 0 Å². The van der Waals surface area contributed by atoms with Gasteiger partial charge in [0, 0.05) is 57.7 Å². The van der Waals surface area contributed by atoms with Crippen molar-refractivity contribution in [3.63, 3.8) is 0 Å². The monoisotopic (exact) mass is 538 g/mol. The van der Waals surface area contributed by atoms with Gasteiger partial charge in [-0.2, -0.15) is 0 Å². The molecule has 0 saturated carbocycles. The lowest BCUT2D eigenvalue weighted by Gasteiger charge is -2.19. The SMILES string of the molecule is Cn1c2ccccc2c2cc(C(=C(c3ccccc3)c3ccccc3)c3ccc4c(c3)c3ccccc3n4C)ccc21. The molecule has 8 aromatic rings. The molecule has 2 aromatic heterocycles. The molecule has 0 bridgehead atoms. The Morgan fingerprint density at radius 2 is 0.690 bits per heavy atom. The maximum Gasteiger partial charge on any atom is 0.0489 e. The van der Waals surface area contributed by atoms with Crippen molar-refractivity contribution in [3.05, 3.63) is 168 Å². The largest absolute Gasteiger partial charge is 0.344 e. The zero-order chi connectivity index (χ0) is 28.2. The molecule has 200 valence electrons. The van der Waals surface area contributed by atoms with Gasteiger partial charge in [-0.15, -0.1) is 0 Å². The van der Waals surface area contributed by atoms with Crippen molar-refractivity contribution < 1.29 is 0 Å². The molecule has 6 aromatic carbocycles. The molecular weight excluding hydrogens is 508 g/mol. The molecule has 0 aliphatic heterocycles. The van der Waals surface area contributed by atoms with Gasteiger partial charge < -0.3 is 9.13 Å². The number of benzene rings is 6. The molecule has 2 nitrogen and oxygen atoms in total. The first kappa shape index (κ1) is 24.5. The predicted molar refractivity (Wildman–Crippen MR) is 179 cm³/mol. The van der Waals surface area contributed by atoms with Gasteiger partial charge >= 0.3 is 0 Å². The number of nitrogens with zero attached hydrogens (tertiary/aromatic N) is 2. The minimum atomic E-state index is 1.20. The van der Waals surface area contributed by atoms with Gasteiger partial charge in [0.1, 0.15) is 0 Å². The molecule has 0 saturated heterocycles. The summed E-state index contributed by atoms with van der Waals surface area (Å²) in [6, 6.07) is 53.0. The van der Waals surface area contributed by atoms with Gasteiger partial charge in [0.15, 0.2) is 0 Å². The Kier molecular flexibility index (Phi) is 5.61. The summed E-state index contributed by atoms with van der Waals surface area (Å²) < 4.78 is 4.60. The van der Waals surface area contributed by atoms with Crippen molar-refractivity contribution in [2.24, 2.45) is 14.1 Å². The van der Waals surface area contributed by atoms with Crippen LogP contribution in [0.5, 0.6) is 0 Å². The van der Waals surface area contributed by atoms with Gasteiger partial charge in [0.05, 0.1) is 0 Å². The van der Waals surface area contributed by atoms with Crippen LogP contribution in [0, 0.1) is 0 Å². The van der Waals surface area contributed by atoms with Crippen LogP contribution < -0.4 is 0 Å². The van der Waals surface area contributed by atoms with Crippen molar-refractivity contribution >= 4 is 54.8 Å². The molecule has 0 fully saturated rings. The summed E-state index contributed by atoms with van der Waals surface area (Å²) in [5.41, 5.74) is 12.3. The van der Waals surface area contributed by atoms with E-state index in [0.717, 1.165) is 0 Å². The summed E-state index contributed by atoms with van der Waals surface area (Å²) in [4.78, 5) is 0. The fraction of sp³-hybridized carbons (Fsp3) is 0.0500. The highest BCUT2D eigenvalue weighted by Gasteiger charge is 2.19. The highest BCUT2D eigenvalue weighted by Crippen LogP contribution is 2.41. The maximum atomic E-state index is 2.40. The third-order valence-electron chi connectivity index (χ3n) is 8.78. The van der Waals surface area contributed by atoms with E-state index in [2.05, 4.69) is 169 Å². The van der Waals surface area contributed by atoms with E-state index in [4.69, 9.17) is 0 Å². The van der Waals surface area contributed by atoms with Crippen LogP contribution in [-0.2, 0) is 14.1 Å². The number of para-hydroxylation sites is 2. The summed E-state index contributed by atoms with van der Waals surface area (Å²) >= 11 is 0. The van der Waals surface area contributed by atoms with E-state index in [1.165, 1.54) is 77.0 Å². The van der Waals surface area contributed by atoms with E-state index in [0.29, 0.717) is 0 Å². The van der Waals surface area contributed by atoms with Crippen molar-refractivity contribution in [2.45, 2.75) is 0 Å². The maximum absolute atomic E-state index is 2.40. The van der Waals surface area contributed by atoms with Crippen molar-refractivity contribution in [1.82, 2.24) is 9.13 Å². The fourth-order valence-electron chi connectivity index (χ4n) is 6.77. The average molecular weight is 539 g/mol. The minimum Gasteiger partial charge on any atom is -0.344 e.